The molecule has 6 nitrogen and oxygen atoms in total. The highest BCUT2D eigenvalue weighted by Crippen LogP contribution is 2.14. The van der Waals surface area contributed by atoms with E-state index >= 15 is 0 Å². The Labute approximate surface area is 189 Å². The summed E-state index contributed by atoms with van der Waals surface area (Å²) in [6.07, 6.45) is 4.24. The Morgan fingerprint density at radius 2 is 1.78 bits per heavy atom. The number of aromatic nitrogens is 2. The summed E-state index contributed by atoms with van der Waals surface area (Å²) in [6.45, 7) is 7.40. The zero-order valence-corrected chi connectivity index (χ0v) is 18.7. The fourth-order valence-electron chi connectivity index (χ4n) is 4.07. The van der Waals surface area contributed by atoms with Gasteiger partial charge in [0.2, 0.25) is 5.91 Å². The van der Waals surface area contributed by atoms with Gasteiger partial charge in [0, 0.05) is 56.6 Å². The van der Waals surface area contributed by atoms with Crippen molar-refractivity contribution in [2.45, 2.75) is 32.7 Å². The average Bonchev–Trinajstić information content (AvgIpc) is 2.81. The van der Waals surface area contributed by atoms with Gasteiger partial charge in [-0.1, -0.05) is 36.4 Å². The molecule has 2 aromatic carbocycles. The van der Waals surface area contributed by atoms with Gasteiger partial charge in [-0.2, -0.15) is 0 Å². The summed E-state index contributed by atoms with van der Waals surface area (Å²) in [5.74, 6) is 0.442. The van der Waals surface area contributed by atoms with Crippen molar-refractivity contribution in [3.05, 3.63) is 94.1 Å². The smallest absolute Gasteiger partial charge is 0.248 e. The third-order valence-corrected chi connectivity index (χ3v) is 5.99. The molecular formula is C26H31N5O. The van der Waals surface area contributed by atoms with Crippen LogP contribution in [0.3, 0.4) is 0 Å². The van der Waals surface area contributed by atoms with E-state index in [1.807, 2.05) is 31.3 Å². The summed E-state index contributed by atoms with van der Waals surface area (Å²) < 4.78 is 0. The van der Waals surface area contributed by atoms with Crippen LogP contribution in [0.15, 0.2) is 54.7 Å². The first-order valence-corrected chi connectivity index (χ1v) is 11.3. The van der Waals surface area contributed by atoms with Crippen molar-refractivity contribution in [3.63, 3.8) is 0 Å². The molecule has 1 fully saturated rings. The minimum atomic E-state index is -0.397. The number of nitrogens with two attached hydrogens (primary N) is 1. The molecule has 3 N–H and O–H groups in total. The molecule has 0 spiro atoms. The highest BCUT2D eigenvalue weighted by Gasteiger charge is 2.11. The Morgan fingerprint density at radius 1 is 1.03 bits per heavy atom. The number of piperazine rings is 1. The molecule has 1 saturated heterocycles. The summed E-state index contributed by atoms with van der Waals surface area (Å²) in [7, 11) is 0. The molecule has 1 aliphatic heterocycles. The van der Waals surface area contributed by atoms with Gasteiger partial charge in [-0.25, -0.2) is 9.97 Å². The summed E-state index contributed by atoms with van der Waals surface area (Å²) in [4.78, 5) is 23.3. The van der Waals surface area contributed by atoms with E-state index in [0.717, 1.165) is 74.6 Å². The second-order valence-corrected chi connectivity index (χ2v) is 8.50. The zero-order chi connectivity index (χ0) is 22.3. The Hall–Kier alpha value is -3.09. The second kappa shape index (κ2) is 10.5. The molecule has 0 aliphatic carbocycles. The van der Waals surface area contributed by atoms with E-state index in [9.17, 15) is 4.79 Å². The van der Waals surface area contributed by atoms with Gasteiger partial charge in [-0.05, 0) is 54.2 Å². The van der Waals surface area contributed by atoms with Gasteiger partial charge >= 0.3 is 0 Å². The van der Waals surface area contributed by atoms with E-state index < -0.39 is 5.91 Å². The third-order valence-electron chi connectivity index (χ3n) is 5.99. The lowest BCUT2D eigenvalue weighted by Gasteiger charge is -2.27. The van der Waals surface area contributed by atoms with Crippen LogP contribution in [-0.4, -0.2) is 47.0 Å². The lowest BCUT2D eigenvalue weighted by molar-refractivity contribution is 0.1000. The molecule has 6 heteroatoms. The molecule has 2 heterocycles. The first-order valence-electron chi connectivity index (χ1n) is 11.3. The molecule has 166 valence electrons. The zero-order valence-electron chi connectivity index (χ0n) is 18.7. The Kier molecular flexibility index (Phi) is 7.24. The van der Waals surface area contributed by atoms with Crippen LogP contribution in [-0.2, 0) is 25.8 Å². The molecule has 1 aromatic heterocycles. The van der Waals surface area contributed by atoms with Gasteiger partial charge in [0.1, 0.15) is 5.82 Å². The Morgan fingerprint density at radius 3 is 2.53 bits per heavy atom. The SMILES string of the molecule is Cc1cnc(Cc2ccc(CN3CCNCC3)cc2)nc1CCc1cccc(C(N)=O)c1. The predicted octanol–water partition coefficient (Wildman–Crippen LogP) is 2.67. The number of nitrogens with zero attached hydrogens (tertiary/aromatic N) is 3. The minimum absolute atomic E-state index is 0.397. The maximum absolute atomic E-state index is 11.4. The van der Waals surface area contributed by atoms with E-state index in [1.54, 1.807) is 6.07 Å². The number of benzene rings is 2. The number of carbonyl (C=O) groups excluding carboxylic acids is 1. The van der Waals surface area contributed by atoms with Crippen LogP contribution in [0.2, 0.25) is 0 Å². The standard InChI is InChI=1S/C26H31N5O/c1-19-17-29-25(30-24(19)10-9-20-3-2-4-23(15-20)26(27)32)16-21-5-7-22(8-6-21)18-31-13-11-28-12-14-31/h2-8,15,17,28H,9-14,16,18H2,1H3,(H2,27,32). The highest BCUT2D eigenvalue weighted by molar-refractivity contribution is 5.92. The van der Waals surface area contributed by atoms with Crippen molar-refractivity contribution in [2.24, 2.45) is 5.73 Å². The quantitative estimate of drug-likeness (QED) is 0.575. The van der Waals surface area contributed by atoms with Crippen LogP contribution in [0, 0.1) is 6.92 Å². The Bertz CT molecular complexity index is 1060. The maximum Gasteiger partial charge on any atom is 0.248 e. The van der Waals surface area contributed by atoms with Crippen LogP contribution in [0.25, 0.3) is 0 Å². The number of amides is 1. The van der Waals surface area contributed by atoms with Crippen LogP contribution in [0.1, 0.15) is 44.1 Å². The predicted molar refractivity (Wildman–Crippen MR) is 127 cm³/mol. The average molecular weight is 430 g/mol. The number of rotatable bonds is 8. The topological polar surface area (TPSA) is 84.1 Å². The number of primary amides is 1. The number of nitrogens with one attached hydrogen (secondary N) is 1. The summed E-state index contributed by atoms with van der Waals surface area (Å²) in [5, 5.41) is 3.40. The van der Waals surface area contributed by atoms with Gasteiger partial charge in [-0.3, -0.25) is 9.69 Å². The van der Waals surface area contributed by atoms with Crippen LogP contribution in [0.5, 0.6) is 0 Å². The molecule has 0 radical (unpaired) electrons. The van der Waals surface area contributed by atoms with Crippen molar-refractivity contribution < 1.29 is 4.79 Å². The van der Waals surface area contributed by atoms with Crippen LogP contribution in [0.4, 0.5) is 0 Å². The first-order chi connectivity index (χ1) is 15.6. The summed E-state index contributed by atoms with van der Waals surface area (Å²) in [6, 6.07) is 16.3. The fraction of sp³-hybridized carbons (Fsp3) is 0.346. The first kappa shape index (κ1) is 22.1. The van der Waals surface area contributed by atoms with Crippen molar-refractivity contribution >= 4 is 5.91 Å². The lowest BCUT2D eigenvalue weighted by atomic mass is 10.0. The molecule has 0 saturated carbocycles. The van der Waals surface area contributed by atoms with E-state index in [0.29, 0.717) is 5.56 Å². The number of hydrogen-bond acceptors (Lipinski definition) is 5. The fourth-order valence-corrected chi connectivity index (χ4v) is 4.07. The van der Waals surface area contributed by atoms with Crippen molar-refractivity contribution in [2.75, 3.05) is 26.2 Å². The number of hydrogen-bond donors (Lipinski definition) is 2. The summed E-state index contributed by atoms with van der Waals surface area (Å²) >= 11 is 0. The Balaban J connectivity index is 1.38. The van der Waals surface area contributed by atoms with Gasteiger partial charge in [-0.15, -0.1) is 0 Å². The minimum Gasteiger partial charge on any atom is -0.366 e. The van der Waals surface area contributed by atoms with E-state index in [1.165, 1.54) is 11.1 Å². The van der Waals surface area contributed by atoms with Crippen molar-refractivity contribution in [1.82, 2.24) is 20.2 Å². The molecule has 4 rings (SSSR count). The largest absolute Gasteiger partial charge is 0.366 e. The maximum atomic E-state index is 11.4. The van der Waals surface area contributed by atoms with Crippen LogP contribution < -0.4 is 11.1 Å². The van der Waals surface area contributed by atoms with E-state index in [4.69, 9.17) is 10.7 Å². The monoisotopic (exact) mass is 429 g/mol. The second-order valence-electron chi connectivity index (χ2n) is 8.50. The van der Waals surface area contributed by atoms with Crippen molar-refractivity contribution in [3.8, 4) is 0 Å². The van der Waals surface area contributed by atoms with Crippen LogP contribution >= 0.6 is 0 Å². The molecule has 32 heavy (non-hydrogen) atoms. The summed E-state index contributed by atoms with van der Waals surface area (Å²) in [5.41, 5.74) is 11.7. The van der Waals surface area contributed by atoms with Gasteiger partial charge in [0.15, 0.2) is 0 Å². The van der Waals surface area contributed by atoms with Crippen molar-refractivity contribution in [1.29, 1.82) is 0 Å². The highest BCUT2D eigenvalue weighted by atomic mass is 16.1. The normalized spacial score (nSPS) is 14.4. The van der Waals surface area contributed by atoms with Gasteiger partial charge in [0.25, 0.3) is 0 Å². The van der Waals surface area contributed by atoms with Gasteiger partial charge in [0.05, 0.1) is 0 Å². The van der Waals surface area contributed by atoms with E-state index in [2.05, 4.69) is 39.5 Å². The molecule has 0 atom stereocenters. The molecule has 0 unspecified atom stereocenters. The lowest BCUT2D eigenvalue weighted by Crippen LogP contribution is -2.42. The molecular weight excluding hydrogens is 398 g/mol. The molecule has 0 bridgehead atoms. The number of aryl methyl sites for hydroxylation is 3. The van der Waals surface area contributed by atoms with Gasteiger partial charge < -0.3 is 11.1 Å². The molecule has 1 aliphatic rings. The molecule has 3 aromatic rings. The van der Waals surface area contributed by atoms with E-state index in [-0.39, 0.29) is 0 Å². The third kappa shape index (κ3) is 5.99. The number of carbonyl (C=O) groups is 1. The molecule has 1 amide bonds.